The lowest BCUT2D eigenvalue weighted by atomic mass is 9.77. The van der Waals surface area contributed by atoms with Crippen LogP contribution >= 0.6 is 78.0 Å². The molecular formula is C35H32BBr2IO2S2. The maximum Gasteiger partial charge on any atom is 0.489 e. The summed E-state index contributed by atoms with van der Waals surface area (Å²) in [5, 5.41) is 22.8. The molecular weight excluding hydrogens is 814 g/mol. The van der Waals surface area contributed by atoms with E-state index in [0.29, 0.717) is 5.46 Å². The van der Waals surface area contributed by atoms with E-state index >= 15 is 0 Å². The molecule has 0 saturated carbocycles. The first-order valence-electron chi connectivity index (χ1n) is 13.0. The Morgan fingerprint density at radius 2 is 1.07 bits per heavy atom. The van der Waals surface area contributed by atoms with Gasteiger partial charge in [0.25, 0.3) is 0 Å². The number of thioether (sulfide) groups is 2. The highest BCUT2D eigenvalue weighted by molar-refractivity contribution is 14.1. The second-order valence-electron chi connectivity index (χ2n) is 9.10. The van der Waals surface area contributed by atoms with Gasteiger partial charge in [-0.2, -0.15) is 0 Å². The molecule has 0 bridgehead atoms. The maximum atomic E-state index is 9.18. The Balaban J connectivity index is 0.000000186. The number of benzene rings is 6. The molecule has 0 radical (unpaired) electrons. The molecule has 220 valence electrons. The van der Waals surface area contributed by atoms with Crippen molar-refractivity contribution in [3.05, 3.63) is 134 Å². The first-order chi connectivity index (χ1) is 20.3. The van der Waals surface area contributed by atoms with Crippen molar-refractivity contribution in [2.45, 2.75) is 17.2 Å². The fourth-order valence-corrected chi connectivity index (χ4v) is 7.60. The molecule has 0 aliphatic carbocycles. The van der Waals surface area contributed by atoms with Crippen molar-refractivity contribution in [1.82, 2.24) is 0 Å². The highest BCUT2D eigenvalue weighted by atomic mass is 127. The van der Waals surface area contributed by atoms with Crippen molar-refractivity contribution in [1.29, 1.82) is 0 Å². The van der Waals surface area contributed by atoms with Crippen molar-refractivity contribution < 1.29 is 10.0 Å². The van der Waals surface area contributed by atoms with Crippen LogP contribution in [-0.4, -0.2) is 29.7 Å². The maximum absolute atomic E-state index is 9.18. The van der Waals surface area contributed by atoms with Crippen LogP contribution in [0.15, 0.2) is 140 Å². The Morgan fingerprint density at radius 1 is 0.581 bits per heavy atom. The lowest BCUT2D eigenvalue weighted by Gasteiger charge is -2.11. The van der Waals surface area contributed by atoms with Crippen molar-refractivity contribution in [2.75, 3.05) is 12.5 Å². The zero-order chi connectivity index (χ0) is 30.1. The van der Waals surface area contributed by atoms with Gasteiger partial charge in [0, 0.05) is 22.3 Å². The molecule has 6 aromatic rings. The van der Waals surface area contributed by atoms with E-state index in [1.165, 1.54) is 35.3 Å². The molecule has 2 nitrogen and oxygen atoms in total. The van der Waals surface area contributed by atoms with E-state index in [-0.39, 0.29) is 7.43 Å². The molecule has 0 amide bonds. The van der Waals surface area contributed by atoms with Gasteiger partial charge >= 0.3 is 7.12 Å². The van der Waals surface area contributed by atoms with Crippen LogP contribution in [0.1, 0.15) is 7.43 Å². The van der Waals surface area contributed by atoms with Crippen LogP contribution < -0.4 is 5.46 Å². The van der Waals surface area contributed by atoms with Crippen LogP contribution in [0.3, 0.4) is 0 Å². The Kier molecular flexibility index (Phi) is 14.6. The van der Waals surface area contributed by atoms with Crippen molar-refractivity contribution in [3.8, 4) is 11.1 Å². The largest absolute Gasteiger partial charge is 0.489 e. The van der Waals surface area contributed by atoms with Crippen molar-refractivity contribution >= 4 is 112 Å². The summed E-state index contributed by atoms with van der Waals surface area (Å²) in [6, 6.07) is 41.1. The quantitative estimate of drug-likeness (QED) is 0.105. The molecule has 6 aromatic carbocycles. The Hall–Kier alpha value is -1.79. The molecule has 0 atom stereocenters. The SMILES string of the molecule is C.CSc1ccccc1-c1cc(Br)cc2ccccc12.CSc1ccccc1I.OB(O)c1cc(Br)cc2ccccc12. The molecule has 0 saturated heterocycles. The van der Waals surface area contributed by atoms with E-state index in [4.69, 9.17) is 0 Å². The van der Waals surface area contributed by atoms with Gasteiger partial charge < -0.3 is 10.0 Å². The summed E-state index contributed by atoms with van der Waals surface area (Å²) < 4.78 is 3.30. The van der Waals surface area contributed by atoms with Gasteiger partial charge in [-0.1, -0.05) is 118 Å². The van der Waals surface area contributed by atoms with E-state index in [9.17, 15) is 10.0 Å². The summed E-state index contributed by atoms with van der Waals surface area (Å²) in [4.78, 5) is 2.67. The summed E-state index contributed by atoms with van der Waals surface area (Å²) in [6.07, 6.45) is 4.22. The number of halogens is 3. The van der Waals surface area contributed by atoms with Crippen molar-refractivity contribution in [2.24, 2.45) is 0 Å². The summed E-state index contributed by atoms with van der Waals surface area (Å²) in [6.45, 7) is 0. The molecule has 8 heteroatoms. The standard InChI is InChI=1S/C17H13BrS.C10H8BBrO2.C7H7IS.CH4/c1-19-17-9-5-4-8-15(17)16-11-13(18)10-12-6-2-3-7-14(12)16;12-8-5-7-3-1-2-4-9(7)10(6-8)11(13)14;1-9-7-5-3-2-4-6(7)8;/h2-11H,1H3;1-6,13-14H;2-5H,1H3;1H4. The highest BCUT2D eigenvalue weighted by Gasteiger charge is 2.15. The van der Waals surface area contributed by atoms with Crippen molar-refractivity contribution in [3.63, 3.8) is 0 Å². The Bertz CT molecular complexity index is 1800. The van der Waals surface area contributed by atoms with Crippen LogP contribution in [0.25, 0.3) is 32.7 Å². The van der Waals surface area contributed by atoms with Gasteiger partial charge in [0.15, 0.2) is 0 Å². The fourth-order valence-electron chi connectivity index (χ4n) is 4.49. The Labute approximate surface area is 294 Å². The molecule has 0 heterocycles. The Morgan fingerprint density at radius 3 is 1.65 bits per heavy atom. The van der Waals surface area contributed by atoms with Gasteiger partial charge in [-0.25, -0.2) is 0 Å². The molecule has 0 fully saturated rings. The van der Waals surface area contributed by atoms with E-state index in [0.717, 1.165) is 19.7 Å². The van der Waals surface area contributed by atoms with Gasteiger partial charge in [0.05, 0.1) is 0 Å². The molecule has 0 aromatic heterocycles. The minimum absolute atomic E-state index is 0. The number of fused-ring (bicyclic) bond motifs is 2. The lowest BCUT2D eigenvalue weighted by Crippen LogP contribution is -2.30. The molecule has 6 rings (SSSR count). The first kappa shape index (κ1) is 35.7. The summed E-state index contributed by atoms with van der Waals surface area (Å²) in [7, 11) is -1.43. The number of rotatable bonds is 4. The average Bonchev–Trinajstić information content (AvgIpc) is 3.01. The molecule has 0 unspecified atom stereocenters. The average molecular weight is 846 g/mol. The van der Waals surface area contributed by atoms with Gasteiger partial charge in [-0.3, -0.25) is 0 Å². The van der Waals surface area contributed by atoms with Crippen LogP contribution in [0.2, 0.25) is 0 Å². The summed E-state index contributed by atoms with van der Waals surface area (Å²) in [5.41, 5.74) is 3.11. The first-order valence-corrected chi connectivity index (χ1v) is 18.1. The zero-order valence-corrected chi connectivity index (χ0v) is 29.9. The van der Waals surface area contributed by atoms with E-state index < -0.39 is 7.12 Å². The minimum atomic E-state index is -1.43. The monoisotopic (exact) mass is 844 g/mol. The van der Waals surface area contributed by atoms with Gasteiger partial charge in [0.1, 0.15) is 0 Å². The predicted molar refractivity (Wildman–Crippen MR) is 208 cm³/mol. The van der Waals surface area contributed by atoms with Gasteiger partial charge in [-0.05, 0) is 116 Å². The topological polar surface area (TPSA) is 40.5 Å². The molecule has 0 aliphatic heterocycles. The van der Waals surface area contributed by atoms with E-state index in [2.05, 4.69) is 152 Å². The fraction of sp³-hybridized carbons (Fsp3) is 0.0857. The molecule has 43 heavy (non-hydrogen) atoms. The third-order valence-electron chi connectivity index (χ3n) is 6.42. The minimum Gasteiger partial charge on any atom is -0.423 e. The van der Waals surface area contributed by atoms with Crippen LogP contribution in [0.4, 0.5) is 0 Å². The smallest absolute Gasteiger partial charge is 0.423 e. The third kappa shape index (κ3) is 9.60. The normalized spacial score (nSPS) is 10.2. The summed E-state index contributed by atoms with van der Waals surface area (Å²) in [5.74, 6) is 0. The number of hydrogen-bond acceptors (Lipinski definition) is 4. The number of hydrogen-bond donors (Lipinski definition) is 2. The second kappa shape index (κ2) is 17.6. The van der Waals surface area contributed by atoms with E-state index in [1.54, 1.807) is 29.6 Å². The van der Waals surface area contributed by atoms with Crippen LogP contribution in [0, 0.1) is 3.57 Å². The molecule has 2 N–H and O–H groups in total. The van der Waals surface area contributed by atoms with Crippen LogP contribution in [0.5, 0.6) is 0 Å². The second-order valence-corrected chi connectivity index (χ2v) is 13.8. The molecule has 0 spiro atoms. The lowest BCUT2D eigenvalue weighted by molar-refractivity contribution is 0.426. The van der Waals surface area contributed by atoms with Gasteiger partial charge in [-0.15, -0.1) is 23.5 Å². The zero-order valence-electron chi connectivity index (χ0n) is 23.0. The summed E-state index contributed by atoms with van der Waals surface area (Å²) >= 11 is 12.9. The van der Waals surface area contributed by atoms with Crippen LogP contribution in [-0.2, 0) is 0 Å². The third-order valence-corrected chi connectivity index (χ3v) is 10.2. The van der Waals surface area contributed by atoms with E-state index in [1.807, 2.05) is 30.3 Å². The predicted octanol–water partition coefficient (Wildman–Crippen LogP) is 10.9. The van der Waals surface area contributed by atoms with Gasteiger partial charge in [0.2, 0.25) is 0 Å². The molecule has 0 aliphatic rings. The highest BCUT2D eigenvalue weighted by Crippen LogP contribution is 2.36.